The molecule has 0 unspecified atom stereocenters. The number of aromatic nitrogens is 1. The van der Waals surface area contributed by atoms with Crippen molar-refractivity contribution in [3.05, 3.63) is 57.9 Å². The summed E-state index contributed by atoms with van der Waals surface area (Å²) in [4.78, 5) is 10.9. The van der Waals surface area contributed by atoms with Crippen molar-refractivity contribution >= 4 is 17.9 Å². The van der Waals surface area contributed by atoms with E-state index in [9.17, 15) is 4.79 Å². The quantitative estimate of drug-likeness (QED) is 0.760. The van der Waals surface area contributed by atoms with E-state index in [-0.39, 0.29) is 0 Å². The van der Waals surface area contributed by atoms with Gasteiger partial charge in [-0.3, -0.25) is 4.79 Å². The van der Waals surface area contributed by atoms with E-state index in [1.54, 1.807) is 0 Å². The van der Waals surface area contributed by atoms with E-state index in [4.69, 9.17) is 11.6 Å². The number of carbonyl (C=O) groups excluding carboxylic acids is 1. The smallest absolute Gasteiger partial charge is 0.151 e. The minimum Gasteiger partial charge on any atom is -0.344 e. The molecule has 3 heteroatoms. The third-order valence-corrected chi connectivity index (χ3v) is 3.20. The zero-order valence-electron chi connectivity index (χ0n) is 9.90. The summed E-state index contributed by atoms with van der Waals surface area (Å²) >= 11 is 5.96. The van der Waals surface area contributed by atoms with Crippen LogP contribution in [0, 0.1) is 13.8 Å². The Labute approximate surface area is 106 Å². The Morgan fingerprint density at radius 2 is 2.06 bits per heavy atom. The Kier molecular flexibility index (Phi) is 3.34. The number of nitrogens with zero attached hydrogens (tertiary/aromatic N) is 1. The van der Waals surface area contributed by atoms with Gasteiger partial charge in [-0.25, -0.2) is 0 Å². The predicted octanol–water partition coefficient (Wildman–Crippen LogP) is 3.62. The monoisotopic (exact) mass is 247 g/mol. The van der Waals surface area contributed by atoms with Gasteiger partial charge in [-0.2, -0.15) is 0 Å². The molecule has 0 aliphatic carbocycles. The molecule has 2 aromatic rings. The molecular formula is C14H14ClNO. The lowest BCUT2D eigenvalue weighted by Crippen LogP contribution is -2.04. The van der Waals surface area contributed by atoms with E-state index in [2.05, 4.69) is 4.57 Å². The topological polar surface area (TPSA) is 22.0 Å². The summed E-state index contributed by atoms with van der Waals surface area (Å²) in [5.74, 6) is 0. The Hall–Kier alpha value is -1.54. The van der Waals surface area contributed by atoms with E-state index in [1.807, 2.05) is 44.2 Å². The molecule has 0 atom stereocenters. The van der Waals surface area contributed by atoms with E-state index >= 15 is 0 Å². The fraction of sp³-hybridized carbons (Fsp3) is 0.214. The molecule has 0 bridgehead atoms. The number of rotatable bonds is 3. The van der Waals surface area contributed by atoms with Crippen LogP contribution in [-0.2, 0) is 6.54 Å². The Morgan fingerprint density at radius 3 is 2.65 bits per heavy atom. The highest BCUT2D eigenvalue weighted by Gasteiger charge is 2.08. The van der Waals surface area contributed by atoms with Crippen molar-refractivity contribution < 1.29 is 4.79 Å². The molecule has 1 heterocycles. The molecule has 17 heavy (non-hydrogen) atoms. The minimum absolute atomic E-state index is 0.737. The lowest BCUT2D eigenvalue weighted by Gasteiger charge is -2.09. The number of hydrogen-bond acceptors (Lipinski definition) is 1. The normalized spacial score (nSPS) is 10.5. The molecule has 2 nitrogen and oxygen atoms in total. The van der Waals surface area contributed by atoms with Crippen LogP contribution < -0.4 is 0 Å². The second kappa shape index (κ2) is 4.76. The predicted molar refractivity (Wildman–Crippen MR) is 69.8 cm³/mol. The lowest BCUT2D eigenvalue weighted by molar-refractivity contribution is 0.112. The zero-order chi connectivity index (χ0) is 12.4. The van der Waals surface area contributed by atoms with Gasteiger partial charge in [0.2, 0.25) is 0 Å². The van der Waals surface area contributed by atoms with Gasteiger partial charge in [0.1, 0.15) is 0 Å². The van der Waals surface area contributed by atoms with Crippen LogP contribution in [0.5, 0.6) is 0 Å². The maximum atomic E-state index is 10.9. The molecule has 0 aliphatic rings. The van der Waals surface area contributed by atoms with E-state index in [0.717, 1.165) is 40.4 Å². The molecular weight excluding hydrogens is 234 g/mol. The molecule has 0 saturated heterocycles. The Morgan fingerprint density at radius 1 is 1.29 bits per heavy atom. The molecule has 0 spiro atoms. The molecule has 0 aliphatic heterocycles. The summed E-state index contributed by atoms with van der Waals surface area (Å²) in [7, 11) is 0. The maximum Gasteiger partial charge on any atom is 0.151 e. The maximum absolute atomic E-state index is 10.9. The van der Waals surface area contributed by atoms with Gasteiger partial charge in [-0.1, -0.05) is 23.7 Å². The highest BCUT2D eigenvalue weighted by atomic mass is 35.5. The van der Waals surface area contributed by atoms with Crippen molar-refractivity contribution in [2.24, 2.45) is 0 Å². The molecule has 1 aromatic heterocycles. The minimum atomic E-state index is 0.737. The molecule has 88 valence electrons. The van der Waals surface area contributed by atoms with Crippen LogP contribution in [-0.4, -0.2) is 10.9 Å². The third-order valence-electron chi connectivity index (χ3n) is 2.97. The molecule has 0 saturated carbocycles. The lowest BCUT2D eigenvalue weighted by atomic mass is 10.2. The van der Waals surface area contributed by atoms with Gasteiger partial charge in [0.05, 0.1) is 0 Å². The van der Waals surface area contributed by atoms with Gasteiger partial charge >= 0.3 is 0 Å². The van der Waals surface area contributed by atoms with Crippen LogP contribution in [0.4, 0.5) is 0 Å². The summed E-state index contributed by atoms with van der Waals surface area (Å²) in [6, 6.07) is 9.68. The molecule has 2 rings (SSSR count). The number of carbonyl (C=O) groups is 1. The second-order valence-electron chi connectivity index (χ2n) is 4.16. The Bertz CT molecular complexity index is 557. The number of halogens is 1. The summed E-state index contributed by atoms with van der Waals surface area (Å²) in [5, 5.41) is 0.737. The fourth-order valence-corrected chi connectivity index (χ4v) is 2.22. The van der Waals surface area contributed by atoms with E-state index < -0.39 is 0 Å². The summed E-state index contributed by atoms with van der Waals surface area (Å²) < 4.78 is 2.12. The largest absolute Gasteiger partial charge is 0.344 e. The average molecular weight is 248 g/mol. The molecule has 0 fully saturated rings. The SMILES string of the molecule is Cc1cc(C=O)c(C)n1Cc1cccc(Cl)c1. The van der Waals surface area contributed by atoms with Crippen molar-refractivity contribution in [3.8, 4) is 0 Å². The molecule has 0 N–H and O–H groups in total. The molecule has 1 aromatic carbocycles. The first-order valence-corrected chi connectivity index (χ1v) is 5.86. The zero-order valence-corrected chi connectivity index (χ0v) is 10.7. The van der Waals surface area contributed by atoms with Gasteiger partial charge in [-0.15, -0.1) is 0 Å². The number of benzene rings is 1. The second-order valence-corrected chi connectivity index (χ2v) is 4.60. The van der Waals surface area contributed by atoms with Gasteiger partial charge in [0.25, 0.3) is 0 Å². The van der Waals surface area contributed by atoms with E-state index in [1.165, 1.54) is 0 Å². The first kappa shape index (κ1) is 11.9. The summed E-state index contributed by atoms with van der Waals surface area (Å²) in [5.41, 5.74) is 3.98. The van der Waals surface area contributed by atoms with Crippen LogP contribution >= 0.6 is 11.6 Å². The summed E-state index contributed by atoms with van der Waals surface area (Å²) in [6.45, 7) is 4.71. The first-order valence-electron chi connectivity index (χ1n) is 5.48. The van der Waals surface area contributed by atoms with Crippen molar-refractivity contribution in [3.63, 3.8) is 0 Å². The highest BCUT2D eigenvalue weighted by Crippen LogP contribution is 2.17. The van der Waals surface area contributed by atoms with E-state index in [0.29, 0.717) is 0 Å². The van der Waals surface area contributed by atoms with Crippen molar-refractivity contribution in [1.82, 2.24) is 4.57 Å². The number of aryl methyl sites for hydroxylation is 1. The third kappa shape index (κ3) is 2.42. The van der Waals surface area contributed by atoms with Gasteiger partial charge in [0.15, 0.2) is 6.29 Å². The van der Waals surface area contributed by atoms with Crippen LogP contribution in [0.1, 0.15) is 27.3 Å². The molecule has 0 amide bonds. The van der Waals surface area contributed by atoms with Crippen LogP contribution in [0.25, 0.3) is 0 Å². The number of hydrogen-bond donors (Lipinski definition) is 0. The van der Waals surface area contributed by atoms with Gasteiger partial charge in [0, 0.05) is 28.5 Å². The standard InChI is InChI=1S/C14H14ClNO/c1-10-6-13(9-17)11(2)16(10)8-12-4-3-5-14(15)7-12/h3-7,9H,8H2,1-2H3. The van der Waals surface area contributed by atoms with Crippen LogP contribution in [0.15, 0.2) is 30.3 Å². The van der Waals surface area contributed by atoms with Crippen molar-refractivity contribution in [2.45, 2.75) is 20.4 Å². The van der Waals surface area contributed by atoms with Crippen molar-refractivity contribution in [1.29, 1.82) is 0 Å². The van der Waals surface area contributed by atoms with Crippen LogP contribution in [0.2, 0.25) is 5.02 Å². The number of aldehydes is 1. The van der Waals surface area contributed by atoms with Crippen LogP contribution in [0.3, 0.4) is 0 Å². The van der Waals surface area contributed by atoms with Gasteiger partial charge < -0.3 is 4.57 Å². The Balaban J connectivity index is 2.36. The highest BCUT2D eigenvalue weighted by molar-refractivity contribution is 6.30. The van der Waals surface area contributed by atoms with Crippen molar-refractivity contribution in [2.75, 3.05) is 0 Å². The average Bonchev–Trinajstić information content (AvgIpc) is 2.56. The first-order chi connectivity index (χ1) is 8.11. The fourth-order valence-electron chi connectivity index (χ4n) is 2.01. The van der Waals surface area contributed by atoms with Gasteiger partial charge in [-0.05, 0) is 37.6 Å². The molecule has 0 radical (unpaired) electrons. The summed E-state index contributed by atoms with van der Waals surface area (Å²) in [6.07, 6.45) is 0.900.